The van der Waals surface area contributed by atoms with E-state index < -0.39 is 0 Å². The summed E-state index contributed by atoms with van der Waals surface area (Å²) >= 11 is 1.90. The molecular formula is C20H34O2S. The Balaban J connectivity index is 1.77. The van der Waals surface area contributed by atoms with Gasteiger partial charge in [0, 0.05) is 0 Å². The van der Waals surface area contributed by atoms with E-state index in [1.807, 2.05) is 17.8 Å². The van der Waals surface area contributed by atoms with Crippen molar-refractivity contribution >= 4 is 18.0 Å². The van der Waals surface area contributed by atoms with Gasteiger partial charge >= 0.3 is 0 Å². The number of hydrogen-bond acceptors (Lipinski definition) is 3. The minimum Gasteiger partial charge on any atom is -0.457 e. The van der Waals surface area contributed by atoms with Crippen LogP contribution in [0.1, 0.15) is 100 Å². The van der Waals surface area contributed by atoms with Gasteiger partial charge in [-0.3, -0.25) is 4.79 Å². The third-order valence-corrected chi connectivity index (χ3v) is 5.25. The smallest absolute Gasteiger partial charge is 0.185 e. The van der Waals surface area contributed by atoms with Gasteiger partial charge in [0.05, 0.1) is 5.75 Å². The molecule has 23 heavy (non-hydrogen) atoms. The zero-order chi connectivity index (χ0) is 16.6. The normalized spacial score (nSPS) is 11.0. The van der Waals surface area contributed by atoms with Crippen molar-refractivity contribution in [3.8, 4) is 0 Å². The Labute approximate surface area is 146 Å². The molecule has 0 spiro atoms. The lowest BCUT2D eigenvalue weighted by Gasteiger charge is -2.03. The molecule has 0 saturated heterocycles. The molecule has 132 valence electrons. The lowest BCUT2D eigenvalue weighted by atomic mass is 10.1. The summed E-state index contributed by atoms with van der Waals surface area (Å²) in [4.78, 5) is 10.5. The van der Waals surface area contributed by atoms with Crippen molar-refractivity contribution in [1.82, 2.24) is 0 Å². The monoisotopic (exact) mass is 338 g/mol. The molecule has 0 radical (unpaired) electrons. The average molecular weight is 339 g/mol. The molecule has 0 aliphatic carbocycles. The minimum absolute atomic E-state index is 0.436. The first-order valence-corrected chi connectivity index (χ1v) is 10.6. The van der Waals surface area contributed by atoms with Crippen LogP contribution in [0.4, 0.5) is 0 Å². The van der Waals surface area contributed by atoms with Crippen molar-refractivity contribution in [1.29, 1.82) is 0 Å². The van der Waals surface area contributed by atoms with Crippen LogP contribution in [0.2, 0.25) is 0 Å². The van der Waals surface area contributed by atoms with E-state index in [4.69, 9.17) is 4.42 Å². The van der Waals surface area contributed by atoms with E-state index in [1.54, 1.807) is 6.07 Å². The molecular weight excluding hydrogens is 304 g/mol. The molecule has 0 unspecified atom stereocenters. The molecule has 0 atom stereocenters. The van der Waals surface area contributed by atoms with Gasteiger partial charge in [-0.2, -0.15) is 11.8 Å². The molecule has 0 aliphatic rings. The van der Waals surface area contributed by atoms with Crippen molar-refractivity contribution in [2.24, 2.45) is 0 Å². The molecule has 1 aromatic rings. The molecule has 0 fully saturated rings. The highest BCUT2D eigenvalue weighted by atomic mass is 32.2. The number of carbonyl (C=O) groups excluding carboxylic acids is 1. The molecule has 1 aromatic heterocycles. The van der Waals surface area contributed by atoms with Crippen molar-refractivity contribution in [2.75, 3.05) is 5.75 Å². The van der Waals surface area contributed by atoms with Crippen molar-refractivity contribution < 1.29 is 9.21 Å². The molecule has 1 heterocycles. The van der Waals surface area contributed by atoms with Crippen LogP contribution in [0.3, 0.4) is 0 Å². The van der Waals surface area contributed by atoms with Crippen LogP contribution < -0.4 is 0 Å². The van der Waals surface area contributed by atoms with E-state index in [1.165, 1.54) is 82.8 Å². The highest BCUT2D eigenvalue weighted by Crippen LogP contribution is 2.17. The fourth-order valence-corrected chi connectivity index (χ4v) is 3.66. The SMILES string of the molecule is CCCCCCCCCCCCCCSCc1ccc(C=O)o1. The van der Waals surface area contributed by atoms with Gasteiger partial charge < -0.3 is 4.42 Å². The number of rotatable bonds is 16. The van der Waals surface area contributed by atoms with Crippen LogP contribution in [0.5, 0.6) is 0 Å². The molecule has 3 heteroatoms. The van der Waals surface area contributed by atoms with Crippen LogP contribution >= 0.6 is 11.8 Å². The summed E-state index contributed by atoms with van der Waals surface area (Å²) in [5, 5.41) is 0. The highest BCUT2D eigenvalue weighted by Gasteiger charge is 2.00. The fraction of sp³-hybridized carbons (Fsp3) is 0.750. The lowest BCUT2D eigenvalue weighted by Crippen LogP contribution is -1.85. The van der Waals surface area contributed by atoms with Crippen LogP contribution in [0.25, 0.3) is 0 Å². The Morgan fingerprint density at radius 3 is 1.96 bits per heavy atom. The zero-order valence-corrected chi connectivity index (χ0v) is 15.7. The second-order valence-electron chi connectivity index (χ2n) is 6.36. The summed E-state index contributed by atoms with van der Waals surface area (Å²) in [6, 6.07) is 3.64. The van der Waals surface area contributed by atoms with Gasteiger partial charge in [0.25, 0.3) is 0 Å². The predicted octanol–water partition coefficient (Wildman–Crippen LogP) is 7.03. The predicted molar refractivity (Wildman–Crippen MR) is 101 cm³/mol. The van der Waals surface area contributed by atoms with Gasteiger partial charge in [-0.05, 0) is 24.3 Å². The van der Waals surface area contributed by atoms with E-state index >= 15 is 0 Å². The Morgan fingerprint density at radius 2 is 1.43 bits per heavy atom. The van der Waals surface area contributed by atoms with E-state index in [0.29, 0.717) is 5.76 Å². The van der Waals surface area contributed by atoms with Crippen LogP contribution in [0.15, 0.2) is 16.5 Å². The van der Waals surface area contributed by atoms with Crippen LogP contribution in [-0.4, -0.2) is 12.0 Å². The summed E-state index contributed by atoms with van der Waals surface area (Å²) in [7, 11) is 0. The first-order valence-electron chi connectivity index (χ1n) is 9.48. The number of thioether (sulfide) groups is 1. The van der Waals surface area contributed by atoms with Gasteiger partial charge in [0.2, 0.25) is 0 Å². The van der Waals surface area contributed by atoms with Gasteiger partial charge in [-0.1, -0.05) is 77.6 Å². The second kappa shape index (κ2) is 14.9. The van der Waals surface area contributed by atoms with Crippen LogP contribution in [0, 0.1) is 0 Å². The van der Waals surface area contributed by atoms with Crippen molar-refractivity contribution in [3.05, 3.63) is 23.7 Å². The number of furan rings is 1. The number of unbranched alkanes of at least 4 members (excludes halogenated alkanes) is 11. The number of aldehydes is 1. The summed E-state index contributed by atoms with van der Waals surface area (Å²) in [5.74, 6) is 3.42. The molecule has 0 N–H and O–H groups in total. The maximum atomic E-state index is 10.5. The summed E-state index contributed by atoms with van der Waals surface area (Å²) in [6.07, 6.45) is 17.5. The molecule has 2 nitrogen and oxygen atoms in total. The molecule has 0 aromatic carbocycles. The first-order chi connectivity index (χ1) is 11.4. The number of hydrogen-bond donors (Lipinski definition) is 0. The number of carbonyl (C=O) groups is 1. The van der Waals surface area contributed by atoms with E-state index in [9.17, 15) is 4.79 Å². The van der Waals surface area contributed by atoms with E-state index in [-0.39, 0.29) is 0 Å². The molecule has 1 rings (SSSR count). The Bertz CT molecular complexity index is 387. The van der Waals surface area contributed by atoms with Gasteiger partial charge in [0.1, 0.15) is 5.76 Å². The molecule has 0 saturated carbocycles. The third-order valence-electron chi connectivity index (χ3n) is 4.19. The lowest BCUT2D eigenvalue weighted by molar-refractivity contribution is 0.109. The van der Waals surface area contributed by atoms with Gasteiger partial charge in [-0.25, -0.2) is 0 Å². The van der Waals surface area contributed by atoms with E-state index in [0.717, 1.165) is 17.8 Å². The summed E-state index contributed by atoms with van der Waals surface area (Å²) < 4.78 is 5.36. The zero-order valence-electron chi connectivity index (χ0n) is 14.9. The fourth-order valence-electron chi connectivity index (χ4n) is 2.75. The minimum atomic E-state index is 0.436. The third kappa shape index (κ3) is 11.5. The standard InChI is InChI=1S/C20H34O2S/c1-2-3-4-5-6-7-8-9-10-11-12-13-16-23-18-20-15-14-19(17-21)22-20/h14-15,17H,2-13,16,18H2,1H3. The van der Waals surface area contributed by atoms with Crippen molar-refractivity contribution in [3.63, 3.8) is 0 Å². The second-order valence-corrected chi connectivity index (χ2v) is 7.47. The highest BCUT2D eigenvalue weighted by molar-refractivity contribution is 7.98. The average Bonchev–Trinajstić information content (AvgIpc) is 3.03. The summed E-state index contributed by atoms with van der Waals surface area (Å²) in [5.41, 5.74) is 0. The maximum Gasteiger partial charge on any atom is 0.185 e. The summed E-state index contributed by atoms with van der Waals surface area (Å²) in [6.45, 7) is 2.28. The Morgan fingerprint density at radius 1 is 0.870 bits per heavy atom. The maximum absolute atomic E-state index is 10.5. The van der Waals surface area contributed by atoms with Gasteiger partial charge in [0.15, 0.2) is 12.0 Å². The molecule has 0 bridgehead atoms. The van der Waals surface area contributed by atoms with Crippen molar-refractivity contribution in [2.45, 2.75) is 89.7 Å². The van der Waals surface area contributed by atoms with Crippen LogP contribution in [-0.2, 0) is 5.75 Å². The Hall–Kier alpha value is -0.700. The topological polar surface area (TPSA) is 30.2 Å². The Kier molecular flexibility index (Phi) is 13.1. The molecule has 0 aliphatic heterocycles. The van der Waals surface area contributed by atoms with E-state index in [2.05, 4.69) is 6.92 Å². The molecule has 0 amide bonds. The quantitative estimate of drug-likeness (QED) is 0.239. The first kappa shape index (κ1) is 20.3. The van der Waals surface area contributed by atoms with Gasteiger partial charge in [-0.15, -0.1) is 0 Å². The largest absolute Gasteiger partial charge is 0.457 e.